The molecule has 2 atom stereocenters. The van der Waals surface area contributed by atoms with Crippen molar-refractivity contribution in [2.24, 2.45) is 0 Å². The summed E-state index contributed by atoms with van der Waals surface area (Å²) < 4.78 is 29.9. The summed E-state index contributed by atoms with van der Waals surface area (Å²) in [6, 6.07) is 18.1. The lowest BCUT2D eigenvalue weighted by molar-refractivity contribution is 0.116. The van der Waals surface area contributed by atoms with E-state index in [9.17, 15) is 8.42 Å². The molecule has 5 rings (SSSR count). The maximum Gasteiger partial charge on any atom is 0.241 e. The van der Waals surface area contributed by atoms with Crippen LogP contribution in [0.4, 0.5) is 0 Å². The predicted octanol–water partition coefficient (Wildman–Crippen LogP) is 4.25. The second kappa shape index (κ2) is 9.87. The molecule has 6 nitrogen and oxygen atoms in total. The third kappa shape index (κ3) is 4.69. The van der Waals surface area contributed by atoms with Crippen molar-refractivity contribution < 1.29 is 8.42 Å². The highest BCUT2D eigenvalue weighted by atomic mass is 35.5. The van der Waals surface area contributed by atoms with Crippen LogP contribution in [0.2, 0.25) is 5.02 Å². The number of hydrogen-bond donors (Lipinski definition) is 2. The Labute approximate surface area is 216 Å². The molecule has 1 aliphatic carbocycles. The molecule has 1 heterocycles. The zero-order valence-corrected chi connectivity index (χ0v) is 21.5. The SMILES string of the molecule is C=CCNC(=S)N1CCN([C@H]2c3cccc4cccc(c34)[C@H]2NS(=O)(=O)c2ccc(Cl)cc2)CC1. The van der Waals surface area contributed by atoms with Gasteiger partial charge in [0.05, 0.1) is 17.0 Å². The first-order valence-corrected chi connectivity index (χ1v) is 13.8. The minimum absolute atomic E-state index is 0.116. The van der Waals surface area contributed by atoms with Gasteiger partial charge in [-0.05, 0) is 58.4 Å². The molecule has 0 bridgehead atoms. The standard InChI is InChI=1S/C26H27ClN4O2S2/c1-2-13-28-26(34)31-16-14-30(15-17-31)25-22-8-4-6-18-5-3-7-21(23(18)22)24(25)29-35(32,33)20-11-9-19(27)10-12-20/h2-12,24-25,29H,1,13-17H2,(H,28,34)/t24-,25+/m1/s1. The molecule has 1 fully saturated rings. The Hall–Kier alpha value is -2.49. The van der Waals surface area contributed by atoms with Gasteiger partial charge in [0.15, 0.2) is 5.11 Å². The third-order valence-electron chi connectivity index (χ3n) is 6.74. The van der Waals surface area contributed by atoms with Gasteiger partial charge in [-0.25, -0.2) is 13.1 Å². The first-order valence-electron chi connectivity index (χ1n) is 11.6. The monoisotopic (exact) mass is 526 g/mol. The Morgan fingerprint density at radius 2 is 1.69 bits per heavy atom. The van der Waals surface area contributed by atoms with Crippen molar-refractivity contribution in [3.63, 3.8) is 0 Å². The number of nitrogens with zero attached hydrogens (tertiary/aromatic N) is 2. The zero-order valence-electron chi connectivity index (χ0n) is 19.2. The summed E-state index contributed by atoms with van der Waals surface area (Å²) in [5.74, 6) is 0. The highest BCUT2D eigenvalue weighted by Gasteiger charge is 2.41. The summed E-state index contributed by atoms with van der Waals surface area (Å²) in [5, 5.41) is 6.67. The summed E-state index contributed by atoms with van der Waals surface area (Å²) in [4.78, 5) is 4.73. The smallest absolute Gasteiger partial charge is 0.241 e. The first-order chi connectivity index (χ1) is 16.9. The van der Waals surface area contributed by atoms with E-state index in [1.165, 1.54) is 12.1 Å². The fourth-order valence-electron chi connectivity index (χ4n) is 5.11. The van der Waals surface area contributed by atoms with E-state index in [4.69, 9.17) is 23.8 Å². The van der Waals surface area contributed by atoms with E-state index >= 15 is 0 Å². The van der Waals surface area contributed by atoms with Gasteiger partial charge in [0.2, 0.25) is 10.0 Å². The van der Waals surface area contributed by atoms with E-state index in [0.717, 1.165) is 53.2 Å². The Balaban J connectivity index is 1.46. The van der Waals surface area contributed by atoms with Gasteiger partial charge in [-0.15, -0.1) is 6.58 Å². The number of thiocarbonyl (C=S) groups is 1. The maximum atomic E-state index is 13.4. The number of nitrogens with one attached hydrogen (secondary N) is 2. The van der Waals surface area contributed by atoms with Crippen molar-refractivity contribution in [2.45, 2.75) is 17.0 Å². The van der Waals surface area contributed by atoms with Crippen LogP contribution >= 0.6 is 23.8 Å². The van der Waals surface area contributed by atoms with Gasteiger partial charge >= 0.3 is 0 Å². The van der Waals surface area contributed by atoms with Gasteiger partial charge in [0.1, 0.15) is 0 Å². The van der Waals surface area contributed by atoms with Gasteiger partial charge in [-0.3, -0.25) is 4.90 Å². The van der Waals surface area contributed by atoms with Crippen LogP contribution in [0.5, 0.6) is 0 Å². The predicted molar refractivity (Wildman–Crippen MR) is 145 cm³/mol. The summed E-state index contributed by atoms with van der Waals surface area (Å²) >= 11 is 11.5. The fraction of sp³-hybridized carbons (Fsp3) is 0.269. The largest absolute Gasteiger partial charge is 0.359 e. The maximum absolute atomic E-state index is 13.4. The molecule has 0 aromatic heterocycles. The van der Waals surface area contributed by atoms with Crippen molar-refractivity contribution in [3.05, 3.63) is 89.5 Å². The average Bonchev–Trinajstić information content (AvgIpc) is 3.17. The van der Waals surface area contributed by atoms with E-state index in [-0.39, 0.29) is 10.9 Å². The highest BCUT2D eigenvalue weighted by molar-refractivity contribution is 7.89. The van der Waals surface area contributed by atoms with Gasteiger partial charge in [-0.2, -0.15) is 0 Å². The van der Waals surface area contributed by atoms with E-state index in [1.54, 1.807) is 18.2 Å². The molecule has 182 valence electrons. The topological polar surface area (TPSA) is 64.7 Å². The summed E-state index contributed by atoms with van der Waals surface area (Å²) in [6.07, 6.45) is 1.79. The minimum Gasteiger partial charge on any atom is -0.359 e. The Morgan fingerprint density at radius 1 is 1.03 bits per heavy atom. The van der Waals surface area contributed by atoms with E-state index in [2.05, 4.69) is 50.7 Å². The molecular formula is C26H27ClN4O2S2. The number of halogens is 1. The second-order valence-corrected chi connectivity index (χ2v) is 11.3. The lowest BCUT2D eigenvalue weighted by Crippen LogP contribution is -2.53. The van der Waals surface area contributed by atoms with Gasteiger partial charge in [-0.1, -0.05) is 54.1 Å². The normalized spacial score (nSPS) is 20.2. The van der Waals surface area contributed by atoms with Crippen LogP contribution in [0.15, 0.2) is 78.2 Å². The molecule has 35 heavy (non-hydrogen) atoms. The quantitative estimate of drug-likeness (QED) is 0.370. The lowest BCUT2D eigenvalue weighted by atomic mass is 10.0. The second-order valence-electron chi connectivity index (χ2n) is 8.79. The lowest BCUT2D eigenvalue weighted by Gasteiger charge is -2.41. The van der Waals surface area contributed by atoms with Gasteiger partial charge in [0, 0.05) is 37.7 Å². The zero-order chi connectivity index (χ0) is 24.6. The molecule has 0 amide bonds. The van der Waals surface area contributed by atoms with Gasteiger partial charge < -0.3 is 10.2 Å². The number of sulfonamides is 1. The molecule has 2 N–H and O–H groups in total. The number of rotatable bonds is 6. The summed E-state index contributed by atoms with van der Waals surface area (Å²) in [5.41, 5.74) is 2.16. The Kier molecular flexibility index (Phi) is 6.83. The Bertz CT molecular complexity index is 1360. The summed E-state index contributed by atoms with van der Waals surface area (Å²) in [6.45, 7) is 7.43. The molecular weight excluding hydrogens is 500 g/mol. The number of benzene rings is 3. The Morgan fingerprint density at radius 3 is 2.34 bits per heavy atom. The molecule has 3 aromatic carbocycles. The van der Waals surface area contributed by atoms with Crippen LogP contribution in [0.25, 0.3) is 10.8 Å². The van der Waals surface area contributed by atoms with Crippen molar-refractivity contribution in [1.29, 1.82) is 0 Å². The van der Waals surface area contributed by atoms with Crippen molar-refractivity contribution in [2.75, 3.05) is 32.7 Å². The van der Waals surface area contributed by atoms with Crippen molar-refractivity contribution >= 4 is 49.7 Å². The average molecular weight is 527 g/mol. The number of piperazine rings is 1. The van der Waals surface area contributed by atoms with Crippen molar-refractivity contribution in [1.82, 2.24) is 19.8 Å². The van der Waals surface area contributed by atoms with Crippen LogP contribution in [-0.2, 0) is 10.0 Å². The molecule has 0 radical (unpaired) electrons. The molecule has 0 spiro atoms. The minimum atomic E-state index is -3.77. The van der Waals surface area contributed by atoms with Crippen LogP contribution in [0.3, 0.4) is 0 Å². The van der Waals surface area contributed by atoms with Crippen LogP contribution in [0.1, 0.15) is 23.2 Å². The van der Waals surface area contributed by atoms with Crippen LogP contribution in [-0.4, -0.2) is 56.1 Å². The molecule has 3 aromatic rings. The van der Waals surface area contributed by atoms with Gasteiger partial charge in [0.25, 0.3) is 0 Å². The molecule has 2 aliphatic rings. The van der Waals surface area contributed by atoms with Crippen molar-refractivity contribution in [3.8, 4) is 0 Å². The van der Waals surface area contributed by atoms with E-state index in [0.29, 0.717) is 11.6 Å². The molecule has 1 aliphatic heterocycles. The number of hydrogen-bond acceptors (Lipinski definition) is 4. The third-order valence-corrected chi connectivity index (χ3v) is 8.85. The molecule has 1 saturated heterocycles. The fourth-order valence-corrected chi connectivity index (χ4v) is 6.73. The van der Waals surface area contributed by atoms with E-state index in [1.807, 2.05) is 12.1 Å². The van der Waals surface area contributed by atoms with E-state index < -0.39 is 16.1 Å². The molecule has 0 saturated carbocycles. The first kappa shape index (κ1) is 24.2. The molecule has 9 heteroatoms. The van der Waals surface area contributed by atoms with Crippen LogP contribution in [0, 0.1) is 0 Å². The molecule has 0 unspecified atom stereocenters. The summed E-state index contributed by atoms with van der Waals surface area (Å²) in [7, 11) is -3.77. The van der Waals surface area contributed by atoms with Crippen LogP contribution < -0.4 is 10.0 Å². The highest BCUT2D eigenvalue weighted by Crippen LogP contribution is 2.47.